The first-order chi connectivity index (χ1) is 14.8. The van der Waals surface area contributed by atoms with Crippen LogP contribution in [0.4, 0.5) is 19.3 Å². The molecular weight excluding hydrogens is 408 g/mol. The highest BCUT2D eigenvalue weighted by atomic mass is 19.1. The molecule has 1 aliphatic rings. The summed E-state index contributed by atoms with van der Waals surface area (Å²) in [5.74, 6) is -3.07. The Hall–Kier alpha value is -3.75. The molecule has 0 fully saturated rings. The second-order valence-electron chi connectivity index (χ2n) is 6.80. The Kier molecular flexibility index (Phi) is 6.64. The number of hydrogen-bond acceptors (Lipinski definition) is 4. The fourth-order valence-corrected chi connectivity index (χ4v) is 3.33. The number of benzene rings is 2. The Morgan fingerprint density at radius 3 is 2.52 bits per heavy atom. The molecule has 31 heavy (non-hydrogen) atoms. The summed E-state index contributed by atoms with van der Waals surface area (Å²) in [6.07, 6.45) is 0. The van der Waals surface area contributed by atoms with E-state index in [0.717, 1.165) is 17.0 Å². The lowest BCUT2D eigenvalue weighted by atomic mass is 9.94. The van der Waals surface area contributed by atoms with E-state index in [1.807, 2.05) is 0 Å². The van der Waals surface area contributed by atoms with E-state index in [1.54, 1.807) is 44.2 Å². The van der Waals surface area contributed by atoms with Crippen LogP contribution in [0.15, 0.2) is 59.8 Å². The van der Waals surface area contributed by atoms with E-state index in [0.29, 0.717) is 17.3 Å². The molecule has 0 saturated heterocycles. The number of carbonyl (C=O) groups is 3. The first-order valence-corrected chi connectivity index (χ1v) is 9.57. The maximum Gasteiger partial charge on any atom is 0.338 e. The van der Waals surface area contributed by atoms with Gasteiger partial charge in [0, 0.05) is 11.8 Å². The van der Waals surface area contributed by atoms with Gasteiger partial charge in [0.25, 0.3) is 0 Å². The number of urea groups is 1. The van der Waals surface area contributed by atoms with E-state index in [-0.39, 0.29) is 17.9 Å². The van der Waals surface area contributed by atoms with Gasteiger partial charge in [-0.25, -0.2) is 18.4 Å². The zero-order chi connectivity index (χ0) is 22.5. The van der Waals surface area contributed by atoms with Crippen LogP contribution in [0.3, 0.4) is 0 Å². The molecule has 1 heterocycles. The fraction of sp³-hybridized carbons (Fsp3) is 0.227. The third-order valence-electron chi connectivity index (χ3n) is 4.67. The molecule has 0 spiro atoms. The van der Waals surface area contributed by atoms with Crippen LogP contribution in [0.5, 0.6) is 0 Å². The number of ether oxygens (including phenoxy) is 1. The van der Waals surface area contributed by atoms with Crippen LogP contribution < -0.4 is 10.6 Å². The summed E-state index contributed by atoms with van der Waals surface area (Å²) in [5.41, 5.74) is 0.880. The molecule has 1 unspecified atom stereocenters. The molecule has 2 aromatic carbocycles. The van der Waals surface area contributed by atoms with E-state index < -0.39 is 42.1 Å². The topological polar surface area (TPSA) is 87.7 Å². The molecule has 3 amide bonds. The molecule has 2 N–H and O–H groups in total. The number of nitrogens with one attached hydrogen (secondary N) is 2. The van der Waals surface area contributed by atoms with E-state index in [1.165, 1.54) is 0 Å². The molecular formula is C22H21F2N3O4. The molecule has 1 aliphatic heterocycles. The minimum Gasteiger partial charge on any atom is -0.463 e. The summed E-state index contributed by atoms with van der Waals surface area (Å²) < 4.78 is 32.2. The largest absolute Gasteiger partial charge is 0.463 e. The number of allylic oxidation sites excluding steroid dienone is 1. The van der Waals surface area contributed by atoms with Crippen molar-refractivity contribution in [3.05, 3.63) is 77.0 Å². The lowest BCUT2D eigenvalue weighted by Crippen LogP contribution is -2.51. The third-order valence-corrected chi connectivity index (χ3v) is 4.67. The number of hydrogen-bond donors (Lipinski definition) is 2. The lowest BCUT2D eigenvalue weighted by Gasteiger charge is -2.37. The maximum atomic E-state index is 13.9. The van der Waals surface area contributed by atoms with Gasteiger partial charge < -0.3 is 20.3 Å². The SMILES string of the molecule is CCOC(=O)C1=C(C)NC(=O)N(CC(=O)Nc2ccc(F)cc2F)C1c1ccccc1. The molecule has 0 bridgehead atoms. The van der Waals surface area contributed by atoms with Crippen molar-refractivity contribution in [1.82, 2.24) is 10.2 Å². The van der Waals surface area contributed by atoms with Crippen molar-refractivity contribution in [2.24, 2.45) is 0 Å². The van der Waals surface area contributed by atoms with Crippen molar-refractivity contribution >= 4 is 23.6 Å². The van der Waals surface area contributed by atoms with Crippen molar-refractivity contribution in [2.75, 3.05) is 18.5 Å². The lowest BCUT2D eigenvalue weighted by molar-refractivity contribution is -0.139. The number of amides is 3. The molecule has 0 aliphatic carbocycles. The van der Waals surface area contributed by atoms with Gasteiger partial charge in [-0.2, -0.15) is 0 Å². The Morgan fingerprint density at radius 1 is 1.16 bits per heavy atom. The average molecular weight is 429 g/mol. The molecule has 0 aromatic heterocycles. The van der Waals surface area contributed by atoms with Gasteiger partial charge in [-0.15, -0.1) is 0 Å². The standard InChI is InChI=1S/C22H21F2N3O4/c1-3-31-21(29)19-13(2)25-22(30)27(20(19)14-7-5-4-6-8-14)12-18(28)26-17-10-9-15(23)11-16(17)24/h4-11,20H,3,12H2,1-2H3,(H,25,30)(H,26,28). The highest BCUT2D eigenvalue weighted by molar-refractivity contribution is 5.98. The van der Waals surface area contributed by atoms with Crippen LogP contribution in [0.25, 0.3) is 0 Å². The average Bonchev–Trinajstić information content (AvgIpc) is 2.72. The molecule has 7 nitrogen and oxygen atoms in total. The van der Waals surface area contributed by atoms with Gasteiger partial charge in [-0.3, -0.25) is 4.79 Å². The summed E-state index contributed by atoms with van der Waals surface area (Å²) in [6.45, 7) is 2.88. The summed E-state index contributed by atoms with van der Waals surface area (Å²) in [6, 6.07) is 9.94. The van der Waals surface area contributed by atoms with E-state index in [4.69, 9.17) is 4.74 Å². The summed E-state index contributed by atoms with van der Waals surface area (Å²) >= 11 is 0. The molecule has 162 valence electrons. The number of halogens is 2. The number of rotatable bonds is 6. The monoisotopic (exact) mass is 429 g/mol. The highest BCUT2D eigenvalue weighted by Crippen LogP contribution is 2.34. The predicted molar refractivity (Wildman–Crippen MR) is 109 cm³/mol. The number of nitrogens with zero attached hydrogens (tertiary/aromatic N) is 1. The van der Waals surface area contributed by atoms with Crippen molar-refractivity contribution in [2.45, 2.75) is 19.9 Å². The maximum absolute atomic E-state index is 13.9. The molecule has 3 rings (SSSR count). The van der Waals surface area contributed by atoms with Gasteiger partial charge in [-0.05, 0) is 31.5 Å². The Labute approximate surface area is 177 Å². The van der Waals surface area contributed by atoms with Gasteiger partial charge in [-0.1, -0.05) is 30.3 Å². The van der Waals surface area contributed by atoms with Gasteiger partial charge in [0.05, 0.1) is 23.9 Å². The van der Waals surface area contributed by atoms with Crippen molar-refractivity contribution in [1.29, 1.82) is 0 Å². The van der Waals surface area contributed by atoms with Crippen LogP contribution in [-0.4, -0.2) is 36.0 Å². The Morgan fingerprint density at radius 2 is 1.87 bits per heavy atom. The van der Waals surface area contributed by atoms with E-state index >= 15 is 0 Å². The van der Waals surface area contributed by atoms with E-state index in [2.05, 4.69) is 10.6 Å². The molecule has 2 aromatic rings. The first kappa shape index (κ1) is 21.9. The second-order valence-corrected chi connectivity index (χ2v) is 6.80. The van der Waals surface area contributed by atoms with Crippen LogP contribution in [0, 0.1) is 11.6 Å². The number of esters is 1. The zero-order valence-corrected chi connectivity index (χ0v) is 16.9. The summed E-state index contributed by atoms with van der Waals surface area (Å²) in [7, 11) is 0. The van der Waals surface area contributed by atoms with Crippen molar-refractivity contribution < 1.29 is 27.9 Å². The summed E-state index contributed by atoms with van der Waals surface area (Å²) in [5, 5.41) is 4.89. The Balaban J connectivity index is 1.93. The quantitative estimate of drug-likeness (QED) is 0.688. The fourth-order valence-electron chi connectivity index (χ4n) is 3.33. The van der Waals surface area contributed by atoms with E-state index in [9.17, 15) is 23.2 Å². The molecule has 0 saturated carbocycles. The van der Waals surface area contributed by atoms with Gasteiger partial charge in [0.15, 0.2) is 0 Å². The third kappa shape index (κ3) is 4.88. The summed E-state index contributed by atoms with van der Waals surface area (Å²) in [4.78, 5) is 39.1. The van der Waals surface area contributed by atoms with Gasteiger partial charge in [0.2, 0.25) is 5.91 Å². The van der Waals surface area contributed by atoms with Gasteiger partial charge in [0.1, 0.15) is 18.2 Å². The Bertz CT molecular complexity index is 1040. The minimum absolute atomic E-state index is 0.134. The zero-order valence-electron chi connectivity index (χ0n) is 16.9. The first-order valence-electron chi connectivity index (χ1n) is 9.57. The van der Waals surface area contributed by atoms with Gasteiger partial charge >= 0.3 is 12.0 Å². The second kappa shape index (κ2) is 9.38. The number of anilines is 1. The van der Waals surface area contributed by atoms with Crippen LogP contribution in [-0.2, 0) is 14.3 Å². The smallest absolute Gasteiger partial charge is 0.338 e. The van der Waals surface area contributed by atoms with Crippen LogP contribution in [0.2, 0.25) is 0 Å². The molecule has 9 heteroatoms. The number of carbonyl (C=O) groups excluding carboxylic acids is 3. The van der Waals surface area contributed by atoms with Crippen molar-refractivity contribution in [3.63, 3.8) is 0 Å². The van der Waals surface area contributed by atoms with Crippen LogP contribution >= 0.6 is 0 Å². The normalized spacial score (nSPS) is 16.1. The molecule has 0 radical (unpaired) electrons. The van der Waals surface area contributed by atoms with Crippen molar-refractivity contribution in [3.8, 4) is 0 Å². The molecule has 1 atom stereocenters. The van der Waals surface area contributed by atoms with Crippen LogP contribution in [0.1, 0.15) is 25.5 Å². The minimum atomic E-state index is -0.945. The highest BCUT2D eigenvalue weighted by Gasteiger charge is 2.39. The predicted octanol–water partition coefficient (Wildman–Crippen LogP) is 3.51.